The third-order valence-corrected chi connectivity index (χ3v) is 7.46. The van der Waals surface area contributed by atoms with Gasteiger partial charge in [-0.25, -0.2) is 0 Å². The molecule has 2 fully saturated rings. The topological polar surface area (TPSA) is 107 Å². The number of carbonyl (C=O) groups excluding carboxylic acids is 2. The first-order valence-corrected chi connectivity index (χ1v) is 12.4. The summed E-state index contributed by atoms with van der Waals surface area (Å²) in [5, 5.41) is 30.5. The van der Waals surface area contributed by atoms with Gasteiger partial charge in [0.2, 0.25) is 11.8 Å². The van der Waals surface area contributed by atoms with Crippen LogP contribution in [0.4, 0.5) is 0 Å². The Labute approximate surface area is 201 Å². The van der Waals surface area contributed by atoms with Crippen molar-refractivity contribution in [1.29, 1.82) is 0 Å². The average molecular weight is 467 g/mol. The van der Waals surface area contributed by atoms with E-state index in [4.69, 9.17) is 4.65 Å². The van der Waals surface area contributed by atoms with E-state index in [0.29, 0.717) is 32.2 Å². The molecule has 2 saturated heterocycles. The molecular weight excluding hydrogens is 433 g/mol. The number of aromatic hydroxyl groups is 1. The van der Waals surface area contributed by atoms with Crippen LogP contribution >= 0.6 is 0 Å². The van der Waals surface area contributed by atoms with Crippen molar-refractivity contribution in [2.24, 2.45) is 17.8 Å². The molecule has 182 valence electrons. The van der Waals surface area contributed by atoms with Crippen LogP contribution in [0.25, 0.3) is 6.08 Å². The highest BCUT2D eigenvalue weighted by Crippen LogP contribution is 2.50. The summed E-state index contributed by atoms with van der Waals surface area (Å²) in [5.41, 5.74) is 3.77. The first kappa shape index (κ1) is 24.7. The first-order valence-electron chi connectivity index (χ1n) is 12.4. The SMILES string of the molecule is CCCN1C(=O)[C@@H]2[C@@H](CC(CO)=C3[C@@H](CC/C(=C/c4cccc(O)c4)CC)OB(O)C[C@@H]32)C1=O. The molecule has 3 N–H and O–H groups in total. The van der Waals surface area contributed by atoms with Crippen LogP contribution in [0.2, 0.25) is 6.32 Å². The number of aliphatic hydroxyl groups is 1. The molecular formula is C26H34BNO6. The highest BCUT2D eigenvalue weighted by atomic mass is 16.5. The van der Waals surface area contributed by atoms with E-state index in [1.165, 1.54) is 10.5 Å². The van der Waals surface area contributed by atoms with Crippen molar-refractivity contribution in [3.05, 3.63) is 46.5 Å². The monoisotopic (exact) mass is 467 g/mol. The number of nitrogens with zero attached hydrogens (tertiary/aromatic N) is 1. The number of amides is 2. The van der Waals surface area contributed by atoms with E-state index < -0.39 is 25.1 Å². The van der Waals surface area contributed by atoms with Crippen LogP contribution < -0.4 is 0 Å². The van der Waals surface area contributed by atoms with Crippen molar-refractivity contribution in [2.45, 2.75) is 58.4 Å². The maximum atomic E-state index is 13.2. The Kier molecular flexibility index (Phi) is 7.60. The van der Waals surface area contributed by atoms with Gasteiger partial charge in [0.1, 0.15) is 5.75 Å². The summed E-state index contributed by atoms with van der Waals surface area (Å²) in [6, 6.07) is 7.09. The largest absolute Gasteiger partial charge is 0.508 e. The number of phenolic OH excluding ortho intramolecular Hbond substituents is 1. The Balaban J connectivity index is 1.59. The van der Waals surface area contributed by atoms with Crippen LogP contribution in [-0.4, -0.2) is 58.3 Å². The number of imide groups is 1. The smallest absolute Gasteiger partial charge is 0.455 e. The maximum absolute atomic E-state index is 13.2. The number of carbonyl (C=O) groups is 2. The van der Waals surface area contributed by atoms with Crippen LogP contribution in [0.5, 0.6) is 5.75 Å². The van der Waals surface area contributed by atoms with Crippen molar-refractivity contribution in [3.63, 3.8) is 0 Å². The van der Waals surface area contributed by atoms with Gasteiger partial charge in [-0.05, 0) is 73.2 Å². The van der Waals surface area contributed by atoms with Crippen LogP contribution in [0.3, 0.4) is 0 Å². The zero-order valence-corrected chi connectivity index (χ0v) is 19.9. The molecule has 8 heteroatoms. The molecule has 1 aromatic carbocycles. The van der Waals surface area contributed by atoms with E-state index in [0.717, 1.165) is 23.1 Å². The Hall–Kier alpha value is -2.42. The van der Waals surface area contributed by atoms with Gasteiger partial charge in [-0.1, -0.05) is 37.6 Å². The zero-order chi connectivity index (χ0) is 24.4. The first-order chi connectivity index (χ1) is 16.4. The van der Waals surface area contributed by atoms with E-state index in [1.54, 1.807) is 18.2 Å². The van der Waals surface area contributed by atoms with Crippen LogP contribution in [0, 0.1) is 17.8 Å². The molecule has 4 rings (SSSR count). The van der Waals surface area contributed by atoms with Crippen LogP contribution in [-0.2, 0) is 14.2 Å². The lowest BCUT2D eigenvalue weighted by Crippen LogP contribution is -2.46. The standard InChI is InChI=1S/C26H34BNO6/c1-3-10-28-25(31)20-13-18(15-29)23-21(24(20)26(28)32)14-27(33)34-22(23)9-8-16(4-2)11-17-6-5-7-19(30)12-17/h5-7,11-12,20-22,24,29-30,33H,3-4,8-10,13-15H2,1-2H3/b16-11+/t20-,21+,22-,24-/m1/s1. The minimum absolute atomic E-state index is 0.151. The summed E-state index contributed by atoms with van der Waals surface area (Å²) in [4.78, 5) is 27.6. The van der Waals surface area contributed by atoms with E-state index in [1.807, 2.05) is 13.0 Å². The minimum Gasteiger partial charge on any atom is -0.508 e. The molecule has 3 aliphatic rings. The van der Waals surface area contributed by atoms with Gasteiger partial charge in [0.05, 0.1) is 24.5 Å². The normalized spacial score (nSPS) is 27.4. The Morgan fingerprint density at radius 3 is 2.71 bits per heavy atom. The van der Waals surface area contributed by atoms with Crippen LogP contribution in [0.15, 0.2) is 41.0 Å². The van der Waals surface area contributed by atoms with Gasteiger partial charge >= 0.3 is 7.12 Å². The zero-order valence-electron chi connectivity index (χ0n) is 19.9. The molecule has 0 bridgehead atoms. The van der Waals surface area contributed by atoms with Crippen molar-refractivity contribution >= 4 is 25.0 Å². The van der Waals surface area contributed by atoms with E-state index >= 15 is 0 Å². The van der Waals surface area contributed by atoms with Crippen LogP contribution in [0.1, 0.15) is 51.5 Å². The lowest BCUT2D eigenvalue weighted by Gasteiger charge is -2.43. The summed E-state index contributed by atoms with van der Waals surface area (Å²) in [7, 11) is -1.01. The second-order valence-corrected chi connectivity index (χ2v) is 9.59. The second-order valence-electron chi connectivity index (χ2n) is 9.59. The number of allylic oxidation sites excluding steroid dienone is 1. The number of likely N-dealkylation sites (tertiary alicyclic amines) is 1. The Morgan fingerprint density at radius 1 is 1.24 bits per heavy atom. The minimum atomic E-state index is -1.01. The quantitative estimate of drug-likeness (QED) is 0.308. The summed E-state index contributed by atoms with van der Waals surface area (Å²) >= 11 is 0. The molecule has 1 aromatic rings. The summed E-state index contributed by atoms with van der Waals surface area (Å²) < 4.78 is 5.95. The lowest BCUT2D eigenvalue weighted by atomic mass is 9.58. The number of hydrogen-bond acceptors (Lipinski definition) is 6. The summed E-state index contributed by atoms with van der Waals surface area (Å²) in [5.74, 6) is -1.33. The van der Waals surface area contributed by atoms with Gasteiger partial charge in [-0.2, -0.15) is 0 Å². The third-order valence-electron chi connectivity index (χ3n) is 7.46. The van der Waals surface area contributed by atoms with E-state index in [9.17, 15) is 24.8 Å². The molecule has 7 nitrogen and oxygen atoms in total. The molecule has 2 aliphatic heterocycles. The molecule has 34 heavy (non-hydrogen) atoms. The summed E-state index contributed by atoms with van der Waals surface area (Å²) in [6.07, 6.45) is 5.10. The molecule has 4 atom stereocenters. The third kappa shape index (κ3) is 4.72. The average Bonchev–Trinajstić information content (AvgIpc) is 3.05. The molecule has 2 heterocycles. The number of hydrogen-bond donors (Lipinski definition) is 3. The van der Waals surface area contributed by atoms with Crippen molar-refractivity contribution < 1.29 is 29.5 Å². The van der Waals surface area contributed by atoms with Gasteiger partial charge in [-0.3, -0.25) is 14.5 Å². The molecule has 0 radical (unpaired) electrons. The molecule has 0 spiro atoms. The lowest BCUT2D eigenvalue weighted by molar-refractivity contribution is -0.140. The molecule has 0 unspecified atom stereocenters. The number of fused-ring (bicyclic) bond motifs is 3. The maximum Gasteiger partial charge on any atom is 0.455 e. The fourth-order valence-corrected chi connectivity index (χ4v) is 5.94. The van der Waals surface area contributed by atoms with Gasteiger partial charge in [-0.15, -0.1) is 0 Å². The Morgan fingerprint density at radius 2 is 2.03 bits per heavy atom. The van der Waals surface area contributed by atoms with Crippen molar-refractivity contribution in [3.8, 4) is 5.75 Å². The summed E-state index contributed by atoms with van der Waals surface area (Å²) in [6.45, 7) is 4.24. The van der Waals surface area contributed by atoms with Crippen molar-refractivity contribution in [1.82, 2.24) is 4.90 Å². The molecule has 0 saturated carbocycles. The van der Waals surface area contributed by atoms with E-state index in [2.05, 4.69) is 13.0 Å². The predicted molar refractivity (Wildman–Crippen MR) is 129 cm³/mol. The van der Waals surface area contributed by atoms with E-state index in [-0.39, 0.29) is 36.4 Å². The number of benzene rings is 1. The molecule has 1 aliphatic carbocycles. The van der Waals surface area contributed by atoms with Crippen molar-refractivity contribution in [2.75, 3.05) is 13.2 Å². The molecule has 0 aromatic heterocycles. The highest BCUT2D eigenvalue weighted by Gasteiger charge is 2.56. The highest BCUT2D eigenvalue weighted by molar-refractivity contribution is 6.43. The fourth-order valence-electron chi connectivity index (χ4n) is 5.94. The Bertz CT molecular complexity index is 1000. The fraction of sp³-hybridized carbons (Fsp3) is 0.538. The van der Waals surface area contributed by atoms with Gasteiger partial charge < -0.3 is 19.9 Å². The van der Waals surface area contributed by atoms with Gasteiger partial charge in [0.25, 0.3) is 0 Å². The number of aliphatic hydroxyl groups excluding tert-OH is 1. The molecule has 2 amide bonds. The second kappa shape index (κ2) is 10.5. The van der Waals surface area contributed by atoms with Gasteiger partial charge in [0.15, 0.2) is 0 Å². The number of phenols is 1. The number of rotatable bonds is 8. The predicted octanol–water partition coefficient (Wildman–Crippen LogP) is 3.17. The van der Waals surface area contributed by atoms with Gasteiger partial charge in [0, 0.05) is 6.54 Å².